The Morgan fingerprint density at radius 3 is 2.48 bits per heavy atom. The van der Waals surface area contributed by atoms with E-state index in [0.29, 0.717) is 63.3 Å². The number of halogens is 2. The minimum Gasteiger partial charge on any atom is -0.378 e. The molecule has 0 aliphatic carbocycles. The first kappa shape index (κ1) is 34.8. The number of hydrogen-bond donors (Lipinski definition) is 3. The van der Waals surface area contributed by atoms with Gasteiger partial charge in [0.2, 0.25) is 17.7 Å². The summed E-state index contributed by atoms with van der Waals surface area (Å²) >= 11 is 0.993. The molecule has 13 nitrogen and oxygen atoms in total. The van der Waals surface area contributed by atoms with Crippen LogP contribution in [0.4, 0.5) is 8.78 Å². The van der Waals surface area contributed by atoms with Gasteiger partial charge in [-0.3, -0.25) is 23.7 Å². The maximum Gasteiger partial charge on any atom is 0.399 e. The number of rotatable bonds is 8. The highest BCUT2D eigenvalue weighted by atomic mass is 32.1. The maximum atomic E-state index is 14.3. The van der Waals surface area contributed by atoms with E-state index in [1.54, 1.807) is 14.7 Å². The monoisotopic (exact) mass is 712 g/mol. The van der Waals surface area contributed by atoms with E-state index in [9.17, 15) is 32.5 Å². The van der Waals surface area contributed by atoms with E-state index in [2.05, 4.69) is 5.32 Å². The Balaban J connectivity index is 1.17. The van der Waals surface area contributed by atoms with Gasteiger partial charge in [-0.15, -0.1) is 11.3 Å². The topological polar surface area (TPSA) is 166 Å². The molecule has 1 aromatic carbocycles. The highest BCUT2D eigenvalue weighted by Gasteiger charge is 2.51. The summed E-state index contributed by atoms with van der Waals surface area (Å²) in [5.74, 6) is -1.50. The number of hydrogen-bond acceptors (Lipinski definition) is 8. The molecule has 17 heteroatoms. The third-order valence-corrected chi connectivity index (χ3v) is 11.8. The van der Waals surface area contributed by atoms with Crippen LogP contribution < -0.4 is 5.32 Å². The Hall–Kier alpha value is -3.01. The number of likely N-dealkylation sites (tertiary alicyclic amines) is 1. The van der Waals surface area contributed by atoms with Gasteiger partial charge in [0.15, 0.2) is 0 Å². The normalized spacial score (nSPS) is 25.8. The summed E-state index contributed by atoms with van der Waals surface area (Å²) < 4.78 is 51.8. The van der Waals surface area contributed by atoms with Crippen molar-refractivity contribution in [3.63, 3.8) is 0 Å². The molecular formula is C31H39F2N4O9PS. The first-order chi connectivity index (χ1) is 22.8. The molecule has 5 heterocycles. The highest BCUT2D eigenvalue weighted by Crippen LogP contribution is 2.59. The Morgan fingerprint density at radius 2 is 1.79 bits per heavy atom. The van der Waals surface area contributed by atoms with Crippen LogP contribution in [0.15, 0.2) is 24.3 Å². The van der Waals surface area contributed by atoms with Crippen molar-refractivity contribution in [3.05, 3.63) is 34.7 Å². The lowest BCUT2D eigenvalue weighted by Gasteiger charge is -2.44. The average molecular weight is 713 g/mol. The number of amides is 4. The molecule has 0 saturated carbocycles. The summed E-state index contributed by atoms with van der Waals surface area (Å²) in [6.07, 6.45) is 2.15. The lowest BCUT2D eigenvalue weighted by Crippen LogP contribution is -2.63. The second-order valence-electron chi connectivity index (χ2n) is 12.7. The molecule has 0 spiro atoms. The van der Waals surface area contributed by atoms with Crippen molar-refractivity contribution >= 4 is 52.6 Å². The Labute approximate surface area is 279 Å². The third kappa shape index (κ3) is 6.75. The van der Waals surface area contributed by atoms with Crippen LogP contribution in [0.5, 0.6) is 0 Å². The van der Waals surface area contributed by atoms with Crippen molar-refractivity contribution in [1.82, 2.24) is 20.0 Å². The minimum atomic E-state index is -5.78. The third-order valence-electron chi connectivity index (χ3n) is 9.68. The van der Waals surface area contributed by atoms with E-state index in [1.165, 1.54) is 12.1 Å². The van der Waals surface area contributed by atoms with Crippen molar-refractivity contribution in [2.24, 2.45) is 5.92 Å². The Morgan fingerprint density at radius 1 is 1.06 bits per heavy atom. The van der Waals surface area contributed by atoms with Crippen LogP contribution in [-0.2, 0) is 34.1 Å². The predicted molar refractivity (Wildman–Crippen MR) is 169 cm³/mol. The molecule has 4 amide bonds. The van der Waals surface area contributed by atoms with Crippen LogP contribution >= 0.6 is 18.9 Å². The number of carbonyl (C=O) groups is 4. The van der Waals surface area contributed by atoms with Gasteiger partial charge >= 0.3 is 13.3 Å². The van der Waals surface area contributed by atoms with Gasteiger partial charge in [0.05, 0.1) is 30.1 Å². The van der Waals surface area contributed by atoms with Gasteiger partial charge in [-0.05, 0) is 62.6 Å². The summed E-state index contributed by atoms with van der Waals surface area (Å²) in [5, 5.41) is 3.00. The molecule has 4 fully saturated rings. The largest absolute Gasteiger partial charge is 0.399 e. The number of ether oxygens (including phenoxy) is 2. The Bertz CT molecular complexity index is 1620. The fourth-order valence-corrected chi connectivity index (χ4v) is 8.52. The second-order valence-corrected chi connectivity index (χ2v) is 15.5. The van der Waals surface area contributed by atoms with Crippen LogP contribution in [0, 0.1) is 5.92 Å². The number of nitrogens with zero attached hydrogens (tertiary/aromatic N) is 3. The number of thiophene rings is 1. The zero-order valence-corrected chi connectivity index (χ0v) is 28.1. The number of alkyl halides is 2. The summed E-state index contributed by atoms with van der Waals surface area (Å²) in [7, 11) is -5.78. The van der Waals surface area contributed by atoms with Crippen molar-refractivity contribution < 1.29 is 51.8 Å². The number of nitrogens with one attached hydrogen (secondary N) is 1. The van der Waals surface area contributed by atoms with Gasteiger partial charge in [-0.25, -0.2) is 0 Å². The molecule has 0 radical (unpaired) electrons. The lowest BCUT2D eigenvalue weighted by molar-refractivity contribution is -0.157. The van der Waals surface area contributed by atoms with E-state index < -0.39 is 36.8 Å². The zero-order valence-electron chi connectivity index (χ0n) is 26.4. The SMILES string of the molecule is CCO[C@@H]1CC[C@H](NC(=O)c2cc3cc(C(F)(F)P(=O)(O)O)ccc3s2)C(=O)N2[C@H](CC[C@H]2C(=O)N2CC(C(=O)N3CCOCC3)C2)C1. The van der Waals surface area contributed by atoms with Crippen molar-refractivity contribution in [1.29, 1.82) is 0 Å². The predicted octanol–water partition coefficient (Wildman–Crippen LogP) is 2.49. The maximum absolute atomic E-state index is 14.3. The van der Waals surface area contributed by atoms with E-state index in [0.717, 1.165) is 23.5 Å². The molecule has 2 aromatic rings. The average Bonchev–Trinajstić information content (AvgIpc) is 3.65. The van der Waals surface area contributed by atoms with Gasteiger partial charge in [0.1, 0.15) is 12.1 Å². The van der Waals surface area contributed by atoms with E-state index in [-0.39, 0.29) is 65.6 Å². The molecule has 0 bridgehead atoms. The molecule has 3 N–H and O–H groups in total. The minimum absolute atomic E-state index is 0.00397. The lowest BCUT2D eigenvalue weighted by atomic mass is 9.95. The van der Waals surface area contributed by atoms with E-state index in [4.69, 9.17) is 19.3 Å². The molecular weight excluding hydrogens is 673 g/mol. The fraction of sp³-hybridized carbons (Fsp3) is 0.613. The molecule has 6 rings (SSSR count). The smallest absolute Gasteiger partial charge is 0.378 e. The van der Waals surface area contributed by atoms with E-state index in [1.807, 2.05) is 6.92 Å². The standard InChI is InChI=1S/C31H39F2N4O9PS/c1-2-46-22-5-6-23(34-27(38)26-14-18-13-20(3-8-25(18)48-26)31(32,33)47(42,43)44)29(40)37-21(15-22)4-7-24(37)30(41)36-16-19(17-36)28(39)35-9-11-45-12-10-35/h3,8,13-14,19,21-24H,2,4-7,9-12,15-17H2,1H3,(H,34,38)(H2,42,43,44)/t21-,22-,23+,24+/m1/s1. The molecule has 4 aliphatic heterocycles. The van der Waals surface area contributed by atoms with Gasteiger partial charge in [0, 0.05) is 49.1 Å². The molecule has 4 aliphatic rings. The molecule has 48 heavy (non-hydrogen) atoms. The van der Waals surface area contributed by atoms with Crippen molar-refractivity contribution in [2.75, 3.05) is 46.0 Å². The highest BCUT2D eigenvalue weighted by molar-refractivity contribution is 7.52. The van der Waals surface area contributed by atoms with Crippen molar-refractivity contribution in [3.8, 4) is 0 Å². The van der Waals surface area contributed by atoms with Gasteiger partial charge in [-0.2, -0.15) is 8.78 Å². The molecule has 262 valence electrons. The van der Waals surface area contributed by atoms with Crippen LogP contribution in [-0.4, -0.2) is 118 Å². The number of carbonyl (C=O) groups excluding carboxylic acids is 4. The molecule has 1 aromatic heterocycles. The molecule has 0 unspecified atom stereocenters. The van der Waals surface area contributed by atoms with Gasteiger partial charge < -0.3 is 39.3 Å². The summed E-state index contributed by atoms with van der Waals surface area (Å²) in [5.41, 5.74) is -5.27. The van der Waals surface area contributed by atoms with E-state index >= 15 is 0 Å². The number of benzene rings is 1. The van der Waals surface area contributed by atoms with Gasteiger partial charge in [-0.1, -0.05) is 6.07 Å². The quantitative estimate of drug-likeness (QED) is 0.349. The van der Waals surface area contributed by atoms with Crippen LogP contribution in [0.25, 0.3) is 10.1 Å². The number of fused-ring (bicyclic) bond motifs is 2. The summed E-state index contributed by atoms with van der Waals surface area (Å²) in [6.45, 7) is 4.94. The summed E-state index contributed by atoms with van der Waals surface area (Å²) in [6, 6.07) is 2.47. The van der Waals surface area contributed by atoms with Crippen LogP contribution in [0.2, 0.25) is 0 Å². The molecule has 4 atom stereocenters. The van der Waals surface area contributed by atoms with Crippen LogP contribution in [0.1, 0.15) is 54.3 Å². The van der Waals surface area contributed by atoms with Crippen molar-refractivity contribution in [2.45, 2.75) is 68.9 Å². The molecule has 4 saturated heterocycles. The zero-order chi connectivity index (χ0) is 34.4. The summed E-state index contributed by atoms with van der Waals surface area (Å²) in [4.78, 5) is 77.6. The Kier molecular flexibility index (Phi) is 9.95. The number of morpholine rings is 1. The van der Waals surface area contributed by atoms with Crippen LogP contribution in [0.3, 0.4) is 0 Å². The first-order valence-corrected chi connectivity index (χ1v) is 18.6. The second kappa shape index (κ2) is 13.7. The van der Waals surface area contributed by atoms with Gasteiger partial charge in [0.25, 0.3) is 5.91 Å². The fourth-order valence-electron chi connectivity index (χ4n) is 7.10. The first-order valence-electron chi connectivity index (χ1n) is 16.2.